The van der Waals surface area contributed by atoms with Crippen LogP contribution in [0.3, 0.4) is 0 Å². The predicted octanol–water partition coefficient (Wildman–Crippen LogP) is 3.79. The highest BCUT2D eigenvalue weighted by atomic mass is 32.1. The number of hydrogen-bond acceptors (Lipinski definition) is 5. The van der Waals surface area contributed by atoms with Crippen molar-refractivity contribution in [2.75, 3.05) is 19.6 Å². The largest absolute Gasteiger partial charge is 0.303 e. The second-order valence-electron chi connectivity index (χ2n) is 6.62. The summed E-state index contributed by atoms with van der Waals surface area (Å²) in [5, 5.41) is 16.2. The Kier molecular flexibility index (Phi) is 5.52. The van der Waals surface area contributed by atoms with Crippen molar-refractivity contribution in [3.05, 3.63) is 69.7 Å². The third-order valence-corrected chi connectivity index (χ3v) is 5.81. The van der Waals surface area contributed by atoms with E-state index in [1.165, 1.54) is 16.0 Å². The Morgan fingerprint density at radius 2 is 1.92 bits per heavy atom. The molecule has 0 radical (unpaired) electrons. The Morgan fingerprint density at radius 1 is 1.08 bits per heavy atom. The van der Waals surface area contributed by atoms with E-state index in [-0.39, 0.29) is 0 Å². The van der Waals surface area contributed by atoms with Gasteiger partial charge in [-0.15, -0.1) is 16.4 Å². The fourth-order valence-corrected chi connectivity index (χ4v) is 4.44. The first-order valence-electron chi connectivity index (χ1n) is 9.16. The number of aromatic amines is 1. The molecule has 0 spiro atoms. The summed E-state index contributed by atoms with van der Waals surface area (Å²) in [7, 11) is 0. The number of aryl methyl sites for hydroxylation is 1. The lowest BCUT2D eigenvalue weighted by molar-refractivity contribution is 0.253. The van der Waals surface area contributed by atoms with Gasteiger partial charge in [0.25, 0.3) is 0 Å². The maximum Gasteiger partial charge on any atom is 0.148 e. The number of thiophene rings is 1. The molecule has 3 heterocycles. The third-order valence-electron chi connectivity index (χ3n) is 4.92. The number of nitrogens with zero attached hydrogens (tertiary/aromatic N) is 4. The molecule has 2 aromatic heterocycles. The summed E-state index contributed by atoms with van der Waals surface area (Å²) in [4.78, 5) is 3.95. The van der Waals surface area contributed by atoms with E-state index in [0.717, 1.165) is 51.1 Å². The van der Waals surface area contributed by atoms with Crippen LogP contribution in [0, 0.1) is 0 Å². The zero-order valence-corrected chi connectivity index (χ0v) is 15.6. The first kappa shape index (κ1) is 17.1. The van der Waals surface area contributed by atoms with Crippen LogP contribution in [0.2, 0.25) is 0 Å². The average Bonchev–Trinajstić information content (AvgIpc) is 3.39. The number of aromatic nitrogens is 4. The van der Waals surface area contributed by atoms with Crippen molar-refractivity contribution in [2.24, 2.45) is 0 Å². The van der Waals surface area contributed by atoms with Crippen molar-refractivity contribution in [1.82, 2.24) is 25.5 Å². The van der Waals surface area contributed by atoms with Gasteiger partial charge in [-0.05, 0) is 58.8 Å². The Balaban J connectivity index is 1.42. The summed E-state index contributed by atoms with van der Waals surface area (Å²) >= 11 is 1.84. The lowest BCUT2D eigenvalue weighted by Gasteiger charge is -2.29. The first-order chi connectivity index (χ1) is 12.9. The number of benzene rings is 1. The molecule has 0 bridgehead atoms. The fraction of sp³-hybridized carbons (Fsp3) is 0.350. The van der Waals surface area contributed by atoms with Gasteiger partial charge in [0.2, 0.25) is 0 Å². The molecule has 1 fully saturated rings. The second kappa shape index (κ2) is 8.38. The van der Waals surface area contributed by atoms with Crippen LogP contribution in [0.4, 0.5) is 0 Å². The minimum absolute atomic E-state index is 0.881. The van der Waals surface area contributed by atoms with E-state index in [9.17, 15) is 0 Å². The van der Waals surface area contributed by atoms with Crippen molar-refractivity contribution in [3.8, 4) is 0 Å². The molecule has 6 heteroatoms. The number of nitrogens with one attached hydrogen (secondary N) is 1. The van der Waals surface area contributed by atoms with E-state index >= 15 is 0 Å². The van der Waals surface area contributed by atoms with Gasteiger partial charge in [-0.1, -0.05) is 42.0 Å². The zero-order chi connectivity index (χ0) is 17.6. The molecule has 1 aliphatic rings. The molecular weight excluding hydrogens is 342 g/mol. The van der Waals surface area contributed by atoms with E-state index in [2.05, 4.69) is 73.4 Å². The number of rotatable bonds is 6. The van der Waals surface area contributed by atoms with Crippen molar-refractivity contribution < 1.29 is 0 Å². The molecule has 5 nitrogen and oxygen atoms in total. The highest BCUT2D eigenvalue weighted by molar-refractivity contribution is 7.11. The van der Waals surface area contributed by atoms with Crippen LogP contribution in [0.25, 0.3) is 5.57 Å². The van der Waals surface area contributed by atoms with Gasteiger partial charge < -0.3 is 4.90 Å². The number of piperidine rings is 1. The smallest absolute Gasteiger partial charge is 0.148 e. The molecule has 1 aliphatic heterocycles. The highest BCUT2D eigenvalue weighted by Gasteiger charge is 2.19. The Labute approximate surface area is 157 Å². The van der Waals surface area contributed by atoms with Crippen LogP contribution in [0.5, 0.6) is 0 Å². The lowest BCUT2D eigenvalue weighted by atomic mass is 9.92. The van der Waals surface area contributed by atoms with Gasteiger partial charge in [-0.2, -0.15) is 0 Å². The first-order valence-corrected chi connectivity index (χ1v) is 10.0. The maximum atomic E-state index is 3.95. The molecule has 0 saturated carbocycles. The van der Waals surface area contributed by atoms with Crippen molar-refractivity contribution >= 4 is 16.9 Å². The van der Waals surface area contributed by atoms with Crippen LogP contribution in [0.1, 0.15) is 35.5 Å². The Bertz CT molecular complexity index is 814. The molecule has 134 valence electrons. The zero-order valence-electron chi connectivity index (χ0n) is 14.8. The molecule has 1 saturated heterocycles. The minimum Gasteiger partial charge on any atom is -0.303 e. The van der Waals surface area contributed by atoms with Gasteiger partial charge in [0, 0.05) is 24.4 Å². The molecule has 1 N–H and O–H groups in total. The maximum absolute atomic E-state index is 3.95. The van der Waals surface area contributed by atoms with Gasteiger partial charge in [0.15, 0.2) is 0 Å². The molecule has 4 rings (SSSR count). The van der Waals surface area contributed by atoms with Crippen molar-refractivity contribution in [1.29, 1.82) is 0 Å². The van der Waals surface area contributed by atoms with Gasteiger partial charge >= 0.3 is 0 Å². The number of hydrogen-bond donors (Lipinski definition) is 1. The van der Waals surface area contributed by atoms with E-state index in [4.69, 9.17) is 0 Å². The normalized spacial score (nSPS) is 15.3. The summed E-state index contributed by atoms with van der Waals surface area (Å²) in [6.45, 7) is 3.37. The molecule has 0 aliphatic carbocycles. The van der Waals surface area contributed by atoms with E-state index in [1.807, 2.05) is 11.3 Å². The predicted molar refractivity (Wildman–Crippen MR) is 105 cm³/mol. The van der Waals surface area contributed by atoms with Crippen molar-refractivity contribution in [2.45, 2.75) is 25.7 Å². The Hall–Kier alpha value is -2.31. The van der Waals surface area contributed by atoms with Gasteiger partial charge in [0.1, 0.15) is 5.82 Å². The molecule has 26 heavy (non-hydrogen) atoms. The molecule has 0 atom stereocenters. The van der Waals surface area contributed by atoms with Gasteiger partial charge in [-0.3, -0.25) is 0 Å². The van der Waals surface area contributed by atoms with Gasteiger partial charge in [0.05, 0.1) is 0 Å². The van der Waals surface area contributed by atoms with Crippen LogP contribution in [-0.2, 0) is 6.42 Å². The van der Waals surface area contributed by atoms with Crippen LogP contribution >= 0.6 is 11.3 Å². The van der Waals surface area contributed by atoms with E-state index < -0.39 is 0 Å². The SMILES string of the molecule is c1ccc(C(=C2CCN(CCCc3nnn[nH]3)CC2)c2cccs2)cc1. The molecule has 1 aromatic carbocycles. The van der Waals surface area contributed by atoms with Crippen LogP contribution in [0.15, 0.2) is 53.4 Å². The van der Waals surface area contributed by atoms with E-state index in [1.54, 1.807) is 5.57 Å². The van der Waals surface area contributed by atoms with Crippen molar-refractivity contribution in [3.63, 3.8) is 0 Å². The number of tetrazole rings is 1. The summed E-state index contributed by atoms with van der Waals surface area (Å²) in [5.74, 6) is 0.881. The summed E-state index contributed by atoms with van der Waals surface area (Å²) in [6, 6.07) is 15.2. The number of likely N-dealkylation sites (tertiary alicyclic amines) is 1. The molecule has 3 aromatic rings. The second-order valence-corrected chi connectivity index (χ2v) is 7.56. The van der Waals surface area contributed by atoms with Crippen LogP contribution < -0.4 is 0 Å². The topological polar surface area (TPSA) is 57.7 Å². The van der Waals surface area contributed by atoms with E-state index in [0.29, 0.717) is 0 Å². The minimum atomic E-state index is 0.881. The molecular formula is C20H23N5S. The summed E-state index contributed by atoms with van der Waals surface area (Å²) in [5.41, 5.74) is 4.39. The molecule has 0 unspecified atom stereocenters. The lowest BCUT2D eigenvalue weighted by Crippen LogP contribution is -2.32. The molecule has 0 amide bonds. The quantitative estimate of drug-likeness (QED) is 0.722. The third kappa shape index (κ3) is 4.08. The Morgan fingerprint density at radius 3 is 2.62 bits per heavy atom. The monoisotopic (exact) mass is 365 g/mol. The van der Waals surface area contributed by atoms with Crippen LogP contribution in [-0.4, -0.2) is 45.2 Å². The standard InChI is InChI=1S/C20H23N5S/c1-2-6-16(7-3-1)20(18-8-5-15-26-18)17-10-13-25(14-11-17)12-4-9-19-21-23-24-22-19/h1-3,5-8,15H,4,9-14H2,(H,21,22,23,24). The highest BCUT2D eigenvalue weighted by Crippen LogP contribution is 2.34. The van der Waals surface area contributed by atoms with Gasteiger partial charge in [-0.25, -0.2) is 5.10 Å². The summed E-state index contributed by atoms with van der Waals surface area (Å²) < 4.78 is 0. The fourth-order valence-electron chi connectivity index (χ4n) is 3.60. The number of H-pyrrole nitrogens is 1. The summed E-state index contributed by atoms with van der Waals surface area (Å²) in [6.07, 6.45) is 4.29. The average molecular weight is 366 g/mol.